The summed E-state index contributed by atoms with van der Waals surface area (Å²) in [5.41, 5.74) is 13.4. The van der Waals surface area contributed by atoms with Gasteiger partial charge in [0.2, 0.25) is 0 Å². The number of fused-ring (bicyclic) bond motifs is 1. The third-order valence-electron chi connectivity index (χ3n) is 1.72. The van der Waals surface area contributed by atoms with Gasteiger partial charge in [-0.2, -0.15) is 0 Å². The molecule has 1 fully saturated rings. The molecule has 4 nitrogen and oxygen atoms in total. The number of hydrogen-bond acceptors (Lipinski definition) is 4. The van der Waals surface area contributed by atoms with E-state index in [1.807, 2.05) is 0 Å². The summed E-state index contributed by atoms with van der Waals surface area (Å²) in [6.45, 7) is 0.845. The van der Waals surface area contributed by atoms with Gasteiger partial charge in [0.1, 0.15) is 12.5 Å². The molecule has 0 aromatic heterocycles. The van der Waals surface area contributed by atoms with Gasteiger partial charge in [-0.1, -0.05) is 0 Å². The van der Waals surface area contributed by atoms with Crippen LogP contribution in [0.5, 0.6) is 0 Å². The molecule has 0 radical (unpaired) electrons. The zero-order chi connectivity index (χ0) is 6.97. The second-order valence-electron chi connectivity index (χ2n) is 2.39. The summed E-state index contributed by atoms with van der Waals surface area (Å²) in [6, 6.07) is 0. The highest BCUT2D eigenvalue weighted by Gasteiger charge is 2.25. The van der Waals surface area contributed by atoms with Gasteiger partial charge in [0.05, 0.1) is 17.3 Å². The average molecular weight is 139 g/mol. The number of hydrazine groups is 1. The Labute approximate surface area is 58.7 Å². The topological polar surface area (TPSA) is 59.3 Å². The van der Waals surface area contributed by atoms with Crippen molar-refractivity contribution in [3.8, 4) is 0 Å². The maximum absolute atomic E-state index is 5.64. The lowest BCUT2D eigenvalue weighted by atomic mass is 10.0. The van der Waals surface area contributed by atoms with Crippen LogP contribution >= 0.6 is 0 Å². The predicted octanol–water partition coefficient (Wildman–Crippen LogP) is -0.618. The minimum atomic E-state index is 0.286. The predicted molar refractivity (Wildman–Crippen MR) is 36.1 cm³/mol. The molecule has 0 aliphatic carbocycles. The molecule has 0 bridgehead atoms. The van der Waals surface area contributed by atoms with E-state index in [9.17, 15) is 0 Å². The Hall–Kier alpha value is -1.16. The van der Waals surface area contributed by atoms with Crippen molar-refractivity contribution in [2.24, 2.45) is 11.7 Å². The number of rotatable bonds is 0. The standard InChI is InChI=1S/C6H9N3O/c7-5-2-10-3-6-4(5)1-8-9-6/h2-4,8-9H,1,7H2. The van der Waals surface area contributed by atoms with Crippen molar-refractivity contribution in [3.05, 3.63) is 23.9 Å². The second-order valence-corrected chi connectivity index (χ2v) is 2.39. The van der Waals surface area contributed by atoms with Crippen molar-refractivity contribution in [1.29, 1.82) is 0 Å². The molecule has 54 valence electrons. The van der Waals surface area contributed by atoms with Crippen molar-refractivity contribution in [2.75, 3.05) is 6.54 Å². The average Bonchev–Trinajstić information content (AvgIpc) is 2.36. The summed E-state index contributed by atoms with van der Waals surface area (Å²) in [4.78, 5) is 0. The fourth-order valence-corrected chi connectivity index (χ4v) is 1.13. The lowest BCUT2D eigenvalue weighted by Crippen LogP contribution is -2.20. The second kappa shape index (κ2) is 1.91. The van der Waals surface area contributed by atoms with E-state index in [-0.39, 0.29) is 5.92 Å². The summed E-state index contributed by atoms with van der Waals surface area (Å²) in [5.74, 6) is 0.286. The first-order chi connectivity index (χ1) is 4.88. The highest BCUT2D eigenvalue weighted by Crippen LogP contribution is 2.20. The molecule has 2 heterocycles. The number of hydrogen-bond donors (Lipinski definition) is 3. The summed E-state index contributed by atoms with van der Waals surface area (Å²) >= 11 is 0. The lowest BCUT2D eigenvalue weighted by Gasteiger charge is -2.13. The number of nitrogens with one attached hydrogen (secondary N) is 2. The van der Waals surface area contributed by atoms with Crippen LogP contribution < -0.4 is 16.6 Å². The van der Waals surface area contributed by atoms with E-state index in [0.29, 0.717) is 0 Å². The number of nitrogens with two attached hydrogens (primary N) is 1. The van der Waals surface area contributed by atoms with Crippen LogP contribution in [0.15, 0.2) is 23.9 Å². The van der Waals surface area contributed by atoms with Crippen molar-refractivity contribution in [1.82, 2.24) is 10.9 Å². The smallest absolute Gasteiger partial charge is 0.111 e. The van der Waals surface area contributed by atoms with Crippen LogP contribution in [0.25, 0.3) is 0 Å². The molecule has 2 rings (SSSR count). The van der Waals surface area contributed by atoms with Gasteiger partial charge in [-0.05, 0) is 0 Å². The highest BCUT2D eigenvalue weighted by molar-refractivity contribution is 5.21. The van der Waals surface area contributed by atoms with E-state index >= 15 is 0 Å². The van der Waals surface area contributed by atoms with Gasteiger partial charge >= 0.3 is 0 Å². The molecule has 0 spiro atoms. The van der Waals surface area contributed by atoms with Crippen LogP contribution in [0.3, 0.4) is 0 Å². The lowest BCUT2D eigenvalue weighted by molar-refractivity contribution is 0.368. The monoisotopic (exact) mass is 139 g/mol. The van der Waals surface area contributed by atoms with E-state index in [2.05, 4.69) is 10.9 Å². The fourth-order valence-electron chi connectivity index (χ4n) is 1.13. The first-order valence-corrected chi connectivity index (χ1v) is 3.18. The van der Waals surface area contributed by atoms with Crippen LogP contribution in [0, 0.1) is 5.92 Å². The van der Waals surface area contributed by atoms with Crippen molar-refractivity contribution in [2.45, 2.75) is 0 Å². The minimum Gasteiger partial charge on any atom is -0.469 e. The molecule has 10 heavy (non-hydrogen) atoms. The van der Waals surface area contributed by atoms with E-state index in [0.717, 1.165) is 17.9 Å². The maximum atomic E-state index is 5.64. The van der Waals surface area contributed by atoms with Crippen molar-refractivity contribution in [3.63, 3.8) is 0 Å². The molecule has 1 unspecified atom stereocenters. The van der Waals surface area contributed by atoms with E-state index < -0.39 is 0 Å². The zero-order valence-corrected chi connectivity index (χ0v) is 5.42. The van der Waals surface area contributed by atoms with Gasteiger partial charge in [0, 0.05) is 6.54 Å². The molecule has 4 N–H and O–H groups in total. The van der Waals surface area contributed by atoms with Crippen molar-refractivity contribution >= 4 is 0 Å². The molecule has 2 aliphatic heterocycles. The normalized spacial score (nSPS) is 29.4. The Morgan fingerprint density at radius 3 is 3.30 bits per heavy atom. The fraction of sp³-hybridized carbons (Fsp3) is 0.333. The molecular weight excluding hydrogens is 130 g/mol. The van der Waals surface area contributed by atoms with Crippen LogP contribution in [-0.2, 0) is 4.74 Å². The van der Waals surface area contributed by atoms with Gasteiger partial charge in [-0.25, -0.2) is 5.43 Å². The largest absolute Gasteiger partial charge is 0.469 e. The third-order valence-corrected chi connectivity index (χ3v) is 1.72. The summed E-state index contributed by atoms with van der Waals surface area (Å²) in [5, 5.41) is 0. The minimum absolute atomic E-state index is 0.286. The molecule has 2 aliphatic rings. The quantitative estimate of drug-likeness (QED) is 0.418. The summed E-state index contributed by atoms with van der Waals surface area (Å²) in [7, 11) is 0. The molecule has 1 saturated heterocycles. The molecule has 1 atom stereocenters. The molecule has 4 heteroatoms. The molecule has 0 aromatic rings. The summed E-state index contributed by atoms with van der Waals surface area (Å²) in [6.07, 6.45) is 3.24. The number of ether oxygens (including phenoxy) is 1. The SMILES string of the molecule is NC1=COC=C2NNCC12. The van der Waals surface area contributed by atoms with Crippen molar-refractivity contribution < 1.29 is 4.74 Å². The summed E-state index contributed by atoms with van der Waals surface area (Å²) < 4.78 is 4.94. The van der Waals surface area contributed by atoms with Crippen LogP contribution in [0.4, 0.5) is 0 Å². The van der Waals surface area contributed by atoms with Gasteiger partial charge in [0.15, 0.2) is 0 Å². The maximum Gasteiger partial charge on any atom is 0.111 e. The van der Waals surface area contributed by atoms with E-state index in [4.69, 9.17) is 10.5 Å². The first kappa shape index (κ1) is 5.61. The van der Waals surface area contributed by atoms with Crippen LogP contribution in [-0.4, -0.2) is 6.54 Å². The molecule has 0 amide bonds. The van der Waals surface area contributed by atoms with Crippen LogP contribution in [0.1, 0.15) is 0 Å². The highest BCUT2D eigenvalue weighted by atomic mass is 16.5. The Kier molecular flexibility index (Phi) is 1.07. The van der Waals surface area contributed by atoms with Gasteiger partial charge < -0.3 is 15.9 Å². The van der Waals surface area contributed by atoms with Gasteiger partial charge in [-0.15, -0.1) is 0 Å². The Morgan fingerprint density at radius 2 is 2.50 bits per heavy atom. The van der Waals surface area contributed by atoms with Crippen LogP contribution in [0.2, 0.25) is 0 Å². The molecule has 0 aromatic carbocycles. The Balaban J connectivity index is 2.26. The Morgan fingerprint density at radius 1 is 1.60 bits per heavy atom. The zero-order valence-electron chi connectivity index (χ0n) is 5.42. The van der Waals surface area contributed by atoms with E-state index in [1.54, 1.807) is 12.5 Å². The molecule has 0 saturated carbocycles. The van der Waals surface area contributed by atoms with Gasteiger partial charge in [-0.3, -0.25) is 0 Å². The first-order valence-electron chi connectivity index (χ1n) is 3.18. The Bertz CT molecular complexity index is 209. The third kappa shape index (κ3) is 0.657. The van der Waals surface area contributed by atoms with Gasteiger partial charge in [0.25, 0.3) is 0 Å². The molecular formula is C6H9N3O. The van der Waals surface area contributed by atoms with E-state index in [1.165, 1.54) is 0 Å².